The molecule has 4 rings (SSSR count). The summed E-state index contributed by atoms with van der Waals surface area (Å²) in [5.41, 5.74) is -1.26. The van der Waals surface area contributed by atoms with Gasteiger partial charge in [-0.15, -0.1) is 0 Å². The summed E-state index contributed by atoms with van der Waals surface area (Å²) in [6, 6.07) is 2.06. The van der Waals surface area contributed by atoms with Gasteiger partial charge in [-0.1, -0.05) is 0 Å². The molecule has 28 heavy (non-hydrogen) atoms. The van der Waals surface area contributed by atoms with Crippen molar-refractivity contribution in [1.29, 1.82) is 0 Å². The third kappa shape index (κ3) is 3.34. The number of aryl methyl sites for hydroxylation is 1. The van der Waals surface area contributed by atoms with Crippen LogP contribution in [0, 0.1) is 12.3 Å². The summed E-state index contributed by atoms with van der Waals surface area (Å²) in [7, 11) is -3.84. The Hall–Kier alpha value is -1.23. The fraction of sp³-hybridized carbons (Fsp3) is 0.722. The Bertz CT molecular complexity index is 855. The average Bonchev–Trinajstić information content (AvgIpc) is 3.04. The highest BCUT2D eigenvalue weighted by Gasteiger charge is 2.56. The lowest BCUT2D eigenvalue weighted by Gasteiger charge is -2.61. The van der Waals surface area contributed by atoms with Crippen LogP contribution in [0.4, 0.5) is 13.2 Å². The van der Waals surface area contributed by atoms with E-state index in [0.717, 1.165) is 44.7 Å². The molecule has 6 nitrogen and oxygen atoms in total. The first-order chi connectivity index (χ1) is 13.0. The summed E-state index contributed by atoms with van der Waals surface area (Å²) in [5, 5.41) is 0. The number of hydrogen-bond donors (Lipinski definition) is 0. The number of rotatable bonds is 4. The van der Waals surface area contributed by atoms with Crippen molar-refractivity contribution in [2.75, 3.05) is 32.8 Å². The van der Waals surface area contributed by atoms with Gasteiger partial charge < -0.3 is 4.74 Å². The summed E-state index contributed by atoms with van der Waals surface area (Å²) >= 11 is 0. The van der Waals surface area contributed by atoms with E-state index in [9.17, 15) is 21.6 Å². The maximum atomic E-state index is 12.8. The minimum absolute atomic E-state index is 0.0484. The zero-order valence-electron chi connectivity index (χ0n) is 15.9. The van der Waals surface area contributed by atoms with Crippen LogP contribution in [0.5, 0.6) is 0 Å². The Morgan fingerprint density at radius 1 is 1.25 bits per heavy atom. The summed E-state index contributed by atoms with van der Waals surface area (Å²) in [6.45, 7) is 6.68. The molecule has 0 bridgehead atoms. The molecule has 0 amide bonds. The number of aromatic nitrogens is 1. The maximum Gasteiger partial charge on any atom is 0.433 e. The lowest BCUT2D eigenvalue weighted by atomic mass is 9.73. The molecule has 0 N–H and O–H groups in total. The van der Waals surface area contributed by atoms with E-state index >= 15 is 0 Å². The van der Waals surface area contributed by atoms with Crippen LogP contribution in [-0.2, 0) is 20.9 Å². The number of pyridine rings is 1. The highest BCUT2D eigenvalue weighted by molar-refractivity contribution is 7.89. The van der Waals surface area contributed by atoms with Gasteiger partial charge in [-0.3, -0.25) is 4.90 Å². The Labute approximate surface area is 162 Å². The van der Waals surface area contributed by atoms with Gasteiger partial charge in [0, 0.05) is 44.2 Å². The van der Waals surface area contributed by atoms with Gasteiger partial charge in [-0.05, 0) is 38.8 Å². The van der Waals surface area contributed by atoms with Crippen molar-refractivity contribution in [3.8, 4) is 0 Å². The molecular formula is C18H24F3N3O3S. The molecule has 4 heterocycles. The quantitative estimate of drug-likeness (QED) is 0.749. The molecule has 0 aliphatic carbocycles. The van der Waals surface area contributed by atoms with Gasteiger partial charge in [-0.2, -0.15) is 17.5 Å². The van der Waals surface area contributed by atoms with Crippen molar-refractivity contribution in [2.24, 2.45) is 5.41 Å². The summed E-state index contributed by atoms with van der Waals surface area (Å²) < 4.78 is 71.0. The lowest BCUT2D eigenvalue weighted by molar-refractivity contribution is -0.141. The zero-order valence-corrected chi connectivity index (χ0v) is 16.7. The van der Waals surface area contributed by atoms with Crippen LogP contribution < -0.4 is 0 Å². The molecule has 1 aromatic heterocycles. The van der Waals surface area contributed by atoms with Crippen LogP contribution in [0.1, 0.15) is 31.2 Å². The van der Waals surface area contributed by atoms with Crippen molar-refractivity contribution >= 4 is 10.0 Å². The molecule has 156 valence electrons. The molecule has 3 aliphatic rings. The van der Waals surface area contributed by atoms with Gasteiger partial charge in [0.2, 0.25) is 10.0 Å². The van der Waals surface area contributed by atoms with Crippen LogP contribution in [0.25, 0.3) is 0 Å². The van der Waals surface area contributed by atoms with Crippen LogP contribution in [-0.4, -0.2) is 67.5 Å². The van der Waals surface area contributed by atoms with Gasteiger partial charge in [0.05, 0.1) is 11.8 Å². The SMILES string of the molecule is Cc1nc(C(F)(F)F)ccc1S(=O)(=O)N1CC2(CN([C@H](C)[C@@H]3CCCO3)C2)C1. The average molecular weight is 419 g/mol. The van der Waals surface area contributed by atoms with E-state index < -0.39 is 21.9 Å². The van der Waals surface area contributed by atoms with Crippen molar-refractivity contribution in [3.63, 3.8) is 0 Å². The Morgan fingerprint density at radius 3 is 2.46 bits per heavy atom. The van der Waals surface area contributed by atoms with Gasteiger partial charge in [0.25, 0.3) is 0 Å². The predicted molar refractivity (Wildman–Crippen MR) is 95.2 cm³/mol. The summed E-state index contributed by atoms with van der Waals surface area (Å²) in [4.78, 5) is 5.62. The minimum Gasteiger partial charge on any atom is -0.377 e. The molecule has 0 saturated carbocycles. The molecule has 0 unspecified atom stereocenters. The van der Waals surface area contributed by atoms with Gasteiger partial charge in [0.15, 0.2) is 0 Å². The van der Waals surface area contributed by atoms with Crippen molar-refractivity contribution < 1.29 is 26.3 Å². The first-order valence-corrected chi connectivity index (χ1v) is 10.9. The standard InChI is InChI=1S/C18H24F3N3O3S/c1-12-15(5-6-16(22-12)18(19,20)21)28(25,26)24-10-17(11-24)8-23(9-17)13(2)14-4-3-7-27-14/h5-6,13-14H,3-4,7-11H2,1-2H3/t13-,14+/m1/s1. The van der Waals surface area contributed by atoms with Gasteiger partial charge in [-0.25, -0.2) is 13.4 Å². The topological polar surface area (TPSA) is 62.7 Å². The summed E-state index contributed by atoms with van der Waals surface area (Å²) in [6.07, 6.45) is -2.20. The molecule has 3 fully saturated rings. The van der Waals surface area contributed by atoms with Crippen LogP contribution in [0.2, 0.25) is 0 Å². The van der Waals surface area contributed by atoms with Crippen LogP contribution in [0.15, 0.2) is 17.0 Å². The predicted octanol–water partition coefficient (Wildman–Crippen LogP) is 2.28. The Kier molecular flexibility index (Phi) is 4.76. The molecule has 3 aliphatic heterocycles. The molecule has 1 spiro atoms. The van der Waals surface area contributed by atoms with E-state index in [1.165, 1.54) is 11.2 Å². The molecule has 10 heteroatoms. The van der Waals surface area contributed by atoms with Crippen molar-refractivity contribution in [3.05, 3.63) is 23.5 Å². The zero-order chi connectivity index (χ0) is 20.3. The van der Waals surface area contributed by atoms with E-state index in [1.54, 1.807) is 0 Å². The highest BCUT2D eigenvalue weighted by Crippen LogP contribution is 2.44. The first-order valence-electron chi connectivity index (χ1n) is 9.43. The second-order valence-corrected chi connectivity index (χ2v) is 10.2. The fourth-order valence-corrected chi connectivity index (χ4v) is 6.34. The van der Waals surface area contributed by atoms with E-state index in [-0.39, 0.29) is 22.1 Å². The van der Waals surface area contributed by atoms with Crippen molar-refractivity contribution in [2.45, 2.75) is 49.9 Å². The number of halogens is 3. The maximum absolute atomic E-state index is 12.8. The number of alkyl halides is 3. The number of ether oxygens (including phenoxy) is 1. The molecular weight excluding hydrogens is 395 g/mol. The largest absolute Gasteiger partial charge is 0.433 e. The monoisotopic (exact) mass is 419 g/mol. The van der Waals surface area contributed by atoms with E-state index in [0.29, 0.717) is 19.1 Å². The number of likely N-dealkylation sites (tertiary alicyclic amines) is 1. The number of sulfonamides is 1. The lowest BCUT2D eigenvalue weighted by Crippen LogP contribution is -2.74. The first kappa shape index (κ1) is 20.1. The van der Waals surface area contributed by atoms with E-state index in [2.05, 4.69) is 16.8 Å². The molecule has 0 aromatic carbocycles. The second kappa shape index (κ2) is 6.65. The smallest absolute Gasteiger partial charge is 0.377 e. The van der Waals surface area contributed by atoms with E-state index in [4.69, 9.17) is 4.74 Å². The molecule has 1 aromatic rings. The Morgan fingerprint density at radius 2 is 1.93 bits per heavy atom. The number of nitrogens with zero attached hydrogens (tertiary/aromatic N) is 3. The molecule has 2 atom stereocenters. The third-order valence-electron chi connectivity index (χ3n) is 6.13. The van der Waals surface area contributed by atoms with Gasteiger partial charge >= 0.3 is 6.18 Å². The minimum atomic E-state index is -4.59. The van der Waals surface area contributed by atoms with Crippen molar-refractivity contribution in [1.82, 2.24) is 14.2 Å². The van der Waals surface area contributed by atoms with Crippen LogP contribution >= 0.6 is 0 Å². The Balaban J connectivity index is 1.39. The molecule has 0 radical (unpaired) electrons. The van der Waals surface area contributed by atoms with Gasteiger partial charge in [0.1, 0.15) is 10.6 Å². The second-order valence-electron chi connectivity index (χ2n) is 8.25. The fourth-order valence-electron chi connectivity index (χ4n) is 4.51. The highest BCUT2D eigenvalue weighted by atomic mass is 32.2. The third-order valence-corrected chi connectivity index (χ3v) is 8.05. The molecule has 3 saturated heterocycles. The normalized spacial score (nSPS) is 26.8. The van der Waals surface area contributed by atoms with Crippen LogP contribution in [0.3, 0.4) is 0 Å². The number of hydrogen-bond acceptors (Lipinski definition) is 5. The summed E-state index contributed by atoms with van der Waals surface area (Å²) in [5.74, 6) is 0. The van der Waals surface area contributed by atoms with E-state index in [1.807, 2.05) is 0 Å².